The lowest BCUT2D eigenvalue weighted by Crippen LogP contribution is -2.21. The van der Waals surface area contributed by atoms with Crippen molar-refractivity contribution in [3.63, 3.8) is 0 Å². The fourth-order valence-electron chi connectivity index (χ4n) is 1.93. The van der Waals surface area contributed by atoms with E-state index in [1.807, 2.05) is 25.1 Å². The van der Waals surface area contributed by atoms with Gasteiger partial charge in [0.25, 0.3) is 5.91 Å². The van der Waals surface area contributed by atoms with Gasteiger partial charge >= 0.3 is 0 Å². The zero-order valence-corrected chi connectivity index (χ0v) is 12.4. The number of rotatable bonds is 4. The molecule has 0 bridgehead atoms. The second-order valence-corrected chi connectivity index (χ2v) is 4.85. The van der Waals surface area contributed by atoms with Gasteiger partial charge in [0.2, 0.25) is 0 Å². The van der Waals surface area contributed by atoms with Crippen LogP contribution in [0.2, 0.25) is 0 Å². The predicted molar refractivity (Wildman–Crippen MR) is 84.2 cm³/mol. The summed E-state index contributed by atoms with van der Waals surface area (Å²) in [4.78, 5) is 22.9. The number of hydrogen-bond donors (Lipinski definition) is 1. The molecule has 0 radical (unpaired) electrons. The minimum Gasteiger partial charge on any atom is -0.545 e. The number of benzene rings is 2. The Balaban J connectivity index is 2.21. The predicted octanol–water partition coefficient (Wildman–Crippen LogP) is 1.90. The van der Waals surface area contributed by atoms with Gasteiger partial charge in [-0.2, -0.15) is 5.26 Å². The molecule has 0 aliphatic heterocycles. The zero-order valence-electron chi connectivity index (χ0n) is 12.4. The Kier molecular flexibility index (Phi) is 4.90. The number of anilines is 1. The third-order valence-corrected chi connectivity index (χ3v) is 3.22. The van der Waals surface area contributed by atoms with Crippen LogP contribution >= 0.6 is 0 Å². The second-order valence-electron chi connectivity index (χ2n) is 4.85. The average Bonchev–Trinajstić information content (AvgIpc) is 2.55. The van der Waals surface area contributed by atoms with Gasteiger partial charge in [-0.15, -0.1) is 0 Å². The highest BCUT2D eigenvalue weighted by molar-refractivity contribution is 6.10. The number of carboxylic acid groups (broad SMARTS) is 1. The van der Waals surface area contributed by atoms with Gasteiger partial charge in [0, 0.05) is 5.69 Å². The number of aromatic carboxylic acids is 1. The number of amides is 1. The Bertz CT molecular complexity index is 815. The number of hydrogen-bond acceptors (Lipinski definition) is 4. The molecule has 1 N–H and O–H groups in total. The highest BCUT2D eigenvalue weighted by Gasteiger charge is 2.10. The number of carbonyl (C=O) groups excluding carboxylic acids is 2. The molecule has 0 saturated heterocycles. The van der Waals surface area contributed by atoms with Crippen molar-refractivity contribution >= 4 is 23.6 Å². The first-order chi connectivity index (χ1) is 11.0. The zero-order chi connectivity index (χ0) is 16.8. The van der Waals surface area contributed by atoms with Crippen molar-refractivity contribution in [2.45, 2.75) is 6.92 Å². The summed E-state index contributed by atoms with van der Waals surface area (Å²) in [5.74, 6) is -1.80. The van der Waals surface area contributed by atoms with Crippen molar-refractivity contribution in [3.05, 3.63) is 70.8 Å². The molecule has 0 heterocycles. The topological polar surface area (TPSA) is 93.0 Å². The van der Waals surface area contributed by atoms with E-state index in [2.05, 4.69) is 5.32 Å². The Morgan fingerprint density at radius 1 is 1.13 bits per heavy atom. The summed E-state index contributed by atoms with van der Waals surface area (Å²) in [6.45, 7) is 1.85. The molecule has 0 aromatic heterocycles. The van der Waals surface area contributed by atoms with Crippen LogP contribution in [0, 0.1) is 18.3 Å². The minimum absolute atomic E-state index is 0.0324. The molecule has 0 spiro atoms. The third kappa shape index (κ3) is 4.05. The number of nitrogens with zero attached hydrogens (tertiary/aromatic N) is 1. The summed E-state index contributed by atoms with van der Waals surface area (Å²) in [7, 11) is 0. The van der Waals surface area contributed by atoms with Crippen molar-refractivity contribution in [1.82, 2.24) is 0 Å². The van der Waals surface area contributed by atoms with Gasteiger partial charge in [-0.25, -0.2) is 0 Å². The van der Waals surface area contributed by atoms with E-state index in [1.165, 1.54) is 30.3 Å². The van der Waals surface area contributed by atoms with Crippen molar-refractivity contribution in [2.24, 2.45) is 0 Å². The first-order valence-corrected chi connectivity index (χ1v) is 6.81. The van der Waals surface area contributed by atoms with Gasteiger partial charge in [0.15, 0.2) is 0 Å². The number of nitrogens with one attached hydrogen (secondary N) is 1. The minimum atomic E-state index is -1.28. The van der Waals surface area contributed by atoms with Crippen LogP contribution in [0.25, 0.3) is 6.08 Å². The fourth-order valence-corrected chi connectivity index (χ4v) is 1.93. The van der Waals surface area contributed by atoms with E-state index in [9.17, 15) is 14.7 Å². The maximum Gasteiger partial charge on any atom is 0.266 e. The molecule has 0 saturated carbocycles. The van der Waals surface area contributed by atoms with E-state index < -0.39 is 11.9 Å². The molecular weight excluding hydrogens is 292 g/mol. The molecule has 1 amide bonds. The van der Waals surface area contributed by atoms with Crippen molar-refractivity contribution < 1.29 is 14.7 Å². The second kappa shape index (κ2) is 7.05. The largest absolute Gasteiger partial charge is 0.545 e. The first-order valence-electron chi connectivity index (χ1n) is 6.81. The lowest BCUT2D eigenvalue weighted by atomic mass is 10.1. The van der Waals surface area contributed by atoms with Gasteiger partial charge < -0.3 is 15.2 Å². The fraction of sp³-hybridized carbons (Fsp3) is 0.0556. The Hall–Kier alpha value is -3.39. The molecule has 114 valence electrons. The number of aryl methyl sites for hydroxylation is 1. The lowest BCUT2D eigenvalue weighted by Gasteiger charge is -2.07. The smallest absolute Gasteiger partial charge is 0.266 e. The highest BCUT2D eigenvalue weighted by atomic mass is 16.4. The van der Waals surface area contributed by atoms with Crippen LogP contribution in [-0.4, -0.2) is 11.9 Å². The summed E-state index contributed by atoms with van der Waals surface area (Å²) in [6.07, 6.45) is 1.40. The van der Waals surface area contributed by atoms with Gasteiger partial charge in [0.05, 0.1) is 5.97 Å². The molecule has 0 unspecified atom stereocenters. The Labute approximate surface area is 133 Å². The summed E-state index contributed by atoms with van der Waals surface area (Å²) in [6, 6.07) is 14.8. The molecule has 2 rings (SSSR count). The maximum atomic E-state index is 12.2. The quantitative estimate of drug-likeness (QED) is 0.689. The molecule has 0 atom stereocenters. The number of carboxylic acids is 1. The molecule has 2 aromatic carbocycles. The van der Waals surface area contributed by atoms with Crippen LogP contribution in [0.1, 0.15) is 21.5 Å². The SMILES string of the molecule is Cc1ccccc1NC(=O)/C(C#N)=C/c1ccc(C(=O)[O-])cc1. The van der Waals surface area contributed by atoms with E-state index in [-0.39, 0.29) is 11.1 Å². The van der Waals surface area contributed by atoms with Crippen molar-refractivity contribution in [2.75, 3.05) is 5.32 Å². The van der Waals surface area contributed by atoms with Crippen LogP contribution in [0.5, 0.6) is 0 Å². The van der Waals surface area contributed by atoms with Crippen LogP contribution in [-0.2, 0) is 4.79 Å². The van der Waals surface area contributed by atoms with Crippen LogP contribution in [0.15, 0.2) is 54.1 Å². The summed E-state index contributed by atoms with van der Waals surface area (Å²) in [5.41, 5.74) is 2.02. The number of para-hydroxylation sites is 1. The van der Waals surface area contributed by atoms with Crippen LogP contribution in [0.3, 0.4) is 0 Å². The van der Waals surface area contributed by atoms with E-state index in [0.29, 0.717) is 11.3 Å². The molecular formula is C18H13N2O3-. The normalized spacial score (nSPS) is 10.7. The summed E-state index contributed by atoms with van der Waals surface area (Å²) >= 11 is 0. The van der Waals surface area contributed by atoms with E-state index in [1.54, 1.807) is 12.1 Å². The Morgan fingerprint density at radius 2 is 1.78 bits per heavy atom. The van der Waals surface area contributed by atoms with Crippen LogP contribution in [0.4, 0.5) is 5.69 Å². The number of carbonyl (C=O) groups is 2. The summed E-state index contributed by atoms with van der Waals surface area (Å²) < 4.78 is 0. The molecule has 5 heteroatoms. The van der Waals surface area contributed by atoms with E-state index in [4.69, 9.17) is 5.26 Å². The van der Waals surface area contributed by atoms with E-state index in [0.717, 1.165) is 5.56 Å². The van der Waals surface area contributed by atoms with Gasteiger partial charge in [-0.05, 0) is 35.8 Å². The molecule has 5 nitrogen and oxygen atoms in total. The molecule has 0 aliphatic carbocycles. The number of nitriles is 1. The average molecular weight is 305 g/mol. The van der Waals surface area contributed by atoms with Gasteiger partial charge in [-0.3, -0.25) is 4.79 Å². The summed E-state index contributed by atoms with van der Waals surface area (Å²) in [5, 5.41) is 22.5. The first kappa shape index (κ1) is 16.0. The lowest BCUT2D eigenvalue weighted by molar-refractivity contribution is -0.255. The monoisotopic (exact) mass is 305 g/mol. The molecule has 0 aliphatic rings. The van der Waals surface area contributed by atoms with Crippen molar-refractivity contribution in [3.8, 4) is 6.07 Å². The maximum absolute atomic E-state index is 12.2. The van der Waals surface area contributed by atoms with Gasteiger partial charge in [-0.1, -0.05) is 42.5 Å². The molecule has 23 heavy (non-hydrogen) atoms. The highest BCUT2D eigenvalue weighted by Crippen LogP contribution is 2.15. The van der Waals surface area contributed by atoms with E-state index >= 15 is 0 Å². The standard InChI is InChI=1S/C18H14N2O3/c1-12-4-2-3-5-16(12)20-17(21)15(11-19)10-13-6-8-14(9-7-13)18(22)23/h2-10H,1H3,(H,20,21)(H,22,23)/p-1/b15-10+. The Morgan fingerprint density at radius 3 is 2.35 bits per heavy atom. The third-order valence-electron chi connectivity index (χ3n) is 3.22. The molecule has 0 fully saturated rings. The molecule has 2 aromatic rings. The van der Waals surface area contributed by atoms with Crippen LogP contribution < -0.4 is 10.4 Å². The van der Waals surface area contributed by atoms with Gasteiger partial charge in [0.1, 0.15) is 11.6 Å². The van der Waals surface area contributed by atoms with Crippen molar-refractivity contribution in [1.29, 1.82) is 5.26 Å².